The summed E-state index contributed by atoms with van der Waals surface area (Å²) >= 11 is 0. The molecule has 21 heavy (non-hydrogen) atoms. The highest BCUT2D eigenvalue weighted by Gasteiger charge is 2.16. The Hall–Kier alpha value is -1.19. The van der Waals surface area contributed by atoms with Gasteiger partial charge in [0.1, 0.15) is 12.4 Å². The summed E-state index contributed by atoms with van der Waals surface area (Å²) in [4.78, 5) is 0.162. The highest BCUT2D eigenvalue weighted by Crippen LogP contribution is 2.15. The molecule has 7 nitrogen and oxygen atoms in total. The molecule has 120 valence electrons. The smallest absolute Gasteiger partial charge is 0.240 e. The van der Waals surface area contributed by atoms with E-state index in [2.05, 4.69) is 4.72 Å². The number of sulfonamides is 1. The van der Waals surface area contributed by atoms with Crippen LogP contribution in [0.1, 0.15) is 0 Å². The van der Waals surface area contributed by atoms with Crippen LogP contribution in [0.2, 0.25) is 0 Å². The lowest BCUT2D eigenvalue weighted by molar-refractivity contribution is 0.0320. The third kappa shape index (κ3) is 5.98. The van der Waals surface area contributed by atoms with Crippen molar-refractivity contribution in [3.05, 3.63) is 24.3 Å². The molecule has 0 fully saturated rings. The molecule has 1 rings (SSSR count). The van der Waals surface area contributed by atoms with Gasteiger partial charge in [-0.2, -0.15) is 0 Å². The van der Waals surface area contributed by atoms with Crippen molar-refractivity contribution in [1.29, 1.82) is 0 Å². The van der Waals surface area contributed by atoms with Gasteiger partial charge in [-0.3, -0.25) is 0 Å². The Kier molecular flexibility index (Phi) is 7.62. The number of methoxy groups -OCH3 is 2. The van der Waals surface area contributed by atoms with Gasteiger partial charge in [-0.25, -0.2) is 13.1 Å². The maximum atomic E-state index is 12.1. The highest BCUT2D eigenvalue weighted by atomic mass is 32.2. The van der Waals surface area contributed by atoms with Gasteiger partial charge in [0.2, 0.25) is 10.0 Å². The van der Waals surface area contributed by atoms with Gasteiger partial charge in [0, 0.05) is 27.3 Å². The van der Waals surface area contributed by atoms with Crippen molar-refractivity contribution in [2.24, 2.45) is 5.73 Å². The van der Waals surface area contributed by atoms with Crippen LogP contribution in [0, 0.1) is 0 Å². The molecule has 0 saturated heterocycles. The van der Waals surface area contributed by atoms with Gasteiger partial charge in [-0.15, -0.1) is 0 Å². The Morgan fingerprint density at radius 2 is 1.90 bits per heavy atom. The molecule has 0 heterocycles. The zero-order chi connectivity index (χ0) is 15.7. The summed E-state index contributed by atoms with van der Waals surface area (Å²) in [7, 11) is -0.557. The minimum atomic E-state index is -3.59. The number of rotatable bonds is 10. The lowest BCUT2D eigenvalue weighted by atomic mass is 10.3. The molecule has 0 bridgehead atoms. The number of hydrogen-bond acceptors (Lipinski definition) is 6. The number of benzene rings is 1. The minimum Gasteiger partial charge on any atom is -0.492 e. The lowest BCUT2D eigenvalue weighted by Gasteiger charge is -2.15. The SMILES string of the molecule is COCC(CNS(=O)(=O)c1ccc(OCCN)cc1)OC. The van der Waals surface area contributed by atoms with Gasteiger partial charge in [-0.1, -0.05) is 0 Å². The zero-order valence-electron chi connectivity index (χ0n) is 12.2. The average molecular weight is 318 g/mol. The number of ether oxygens (including phenoxy) is 3. The van der Waals surface area contributed by atoms with Gasteiger partial charge >= 0.3 is 0 Å². The molecule has 1 aromatic carbocycles. The van der Waals surface area contributed by atoms with E-state index < -0.39 is 10.0 Å². The molecular formula is C13H22N2O5S. The first-order valence-electron chi connectivity index (χ1n) is 6.47. The van der Waals surface area contributed by atoms with Crippen LogP contribution in [-0.2, 0) is 19.5 Å². The van der Waals surface area contributed by atoms with Crippen molar-refractivity contribution in [3.8, 4) is 5.75 Å². The van der Waals surface area contributed by atoms with Crippen LogP contribution >= 0.6 is 0 Å². The number of nitrogens with one attached hydrogen (secondary N) is 1. The minimum absolute atomic E-state index is 0.137. The Balaban J connectivity index is 2.65. The van der Waals surface area contributed by atoms with Crippen molar-refractivity contribution in [3.63, 3.8) is 0 Å². The molecule has 0 spiro atoms. The van der Waals surface area contributed by atoms with Crippen LogP contribution in [0.4, 0.5) is 0 Å². The maximum absolute atomic E-state index is 12.1. The van der Waals surface area contributed by atoms with Crippen molar-refractivity contribution in [1.82, 2.24) is 4.72 Å². The van der Waals surface area contributed by atoms with Gasteiger partial charge in [0.25, 0.3) is 0 Å². The monoisotopic (exact) mass is 318 g/mol. The third-order valence-electron chi connectivity index (χ3n) is 2.71. The van der Waals surface area contributed by atoms with E-state index in [1.807, 2.05) is 0 Å². The summed E-state index contributed by atoms with van der Waals surface area (Å²) in [5.74, 6) is 0.577. The van der Waals surface area contributed by atoms with Crippen LogP contribution in [0.25, 0.3) is 0 Å². The quantitative estimate of drug-likeness (QED) is 0.628. The second-order valence-corrected chi connectivity index (χ2v) is 6.04. The van der Waals surface area contributed by atoms with Gasteiger partial charge < -0.3 is 19.9 Å². The predicted molar refractivity (Wildman–Crippen MR) is 78.9 cm³/mol. The van der Waals surface area contributed by atoms with Crippen LogP contribution in [-0.4, -0.2) is 55.0 Å². The largest absolute Gasteiger partial charge is 0.492 e. The molecule has 3 N–H and O–H groups in total. The molecule has 0 radical (unpaired) electrons. The first kappa shape index (κ1) is 17.9. The van der Waals surface area contributed by atoms with E-state index in [1.54, 1.807) is 12.1 Å². The van der Waals surface area contributed by atoms with Crippen molar-refractivity contribution in [2.75, 3.05) is 40.5 Å². The molecule has 1 unspecified atom stereocenters. The maximum Gasteiger partial charge on any atom is 0.240 e. The Morgan fingerprint density at radius 1 is 1.24 bits per heavy atom. The molecule has 1 atom stereocenters. The summed E-state index contributed by atoms with van der Waals surface area (Å²) in [6.07, 6.45) is -0.336. The fourth-order valence-corrected chi connectivity index (χ4v) is 2.64. The molecule has 0 aliphatic carbocycles. The second kappa shape index (κ2) is 8.96. The van der Waals surface area contributed by atoms with Crippen molar-refractivity contribution in [2.45, 2.75) is 11.0 Å². The third-order valence-corrected chi connectivity index (χ3v) is 4.15. The first-order chi connectivity index (χ1) is 10.0. The van der Waals surface area contributed by atoms with Gasteiger partial charge in [0.05, 0.1) is 17.6 Å². The van der Waals surface area contributed by atoms with E-state index in [4.69, 9.17) is 19.9 Å². The molecular weight excluding hydrogens is 296 g/mol. The van der Waals surface area contributed by atoms with Crippen LogP contribution < -0.4 is 15.2 Å². The lowest BCUT2D eigenvalue weighted by Crippen LogP contribution is -2.35. The molecule has 0 aliphatic rings. The van der Waals surface area contributed by atoms with Crippen LogP contribution in [0.5, 0.6) is 5.75 Å². The predicted octanol–water partition coefficient (Wildman–Crippen LogP) is -0.0362. The van der Waals surface area contributed by atoms with Crippen molar-refractivity contribution >= 4 is 10.0 Å². The summed E-state index contributed by atoms with van der Waals surface area (Å²) in [5.41, 5.74) is 5.33. The van der Waals surface area contributed by atoms with E-state index in [0.717, 1.165) is 0 Å². The van der Waals surface area contributed by atoms with E-state index in [1.165, 1.54) is 26.4 Å². The van der Waals surface area contributed by atoms with Gasteiger partial charge in [-0.05, 0) is 24.3 Å². The van der Waals surface area contributed by atoms with Crippen LogP contribution in [0.3, 0.4) is 0 Å². The average Bonchev–Trinajstić information content (AvgIpc) is 2.49. The molecule has 0 aliphatic heterocycles. The molecule has 8 heteroatoms. The standard InChI is InChI=1S/C13H22N2O5S/c1-18-10-12(19-2)9-15-21(16,17)13-5-3-11(4-6-13)20-8-7-14/h3-6,12,15H,7-10,14H2,1-2H3. The van der Waals surface area contributed by atoms with Crippen molar-refractivity contribution < 1.29 is 22.6 Å². The Morgan fingerprint density at radius 3 is 2.43 bits per heavy atom. The topological polar surface area (TPSA) is 99.9 Å². The summed E-state index contributed by atoms with van der Waals surface area (Å²) in [5, 5.41) is 0. The second-order valence-electron chi connectivity index (χ2n) is 4.27. The highest BCUT2D eigenvalue weighted by molar-refractivity contribution is 7.89. The summed E-state index contributed by atoms with van der Waals surface area (Å²) in [6.45, 7) is 1.24. The molecule has 1 aromatic rings. The number of hydrogen-bond donors (Lipinski definition) is 2. The number of nitrogens with two attached hydrogens (primary N) is 1. The molecule has 0 aromatic heterocycles. The van der Waals surface area contributed by atoms with E-state index in [9.17, 15) is 8.42 Å². The Bertz CT molecular complexity index is 504. The fourth-order valence-electron chi connectivity index (χ4n) is 1.57. The zero-order valence-corrected chi connectivity index (χ0v) is 13.1. The van der Waals surface area contributed by atoms with Gasteiger partial charge in [0.15, 0.2) is 0 Å². The normalized spacial score (nSPS) is 13.1. The molecule has 0 amide bonds. The fraction of sp³-hybridized carbons (Fsp3) is 0.538. The first-order valence-corrected chi connectivity index (χ1v) is 7.96. The van der Waals surface area contributed by atoms with E-state index in [-0.39, 0.29) is 17.5 Å². The molecule has 0 saturated carbocycles. The van der Waals surface area contributed by atoms with Crippen LogP contribution in [0.15, 0.2) is 29.2 Å². The summed E-state index contributed by atoms with van der Waals surface area (Å²) < 4.78 is 42.0. The Labute approximate surface area is 125 Å². The van der Waals surface area contributed by atoms with E-state index >= 15 is 0 Å². The summed E-state index contributed by atoms with van der Waals surface area (Å²) in [6, 6.07) is 6.14. The van der Waals surface area contributed by atoms with E-state index in [0.29, 0.717) is 25.5 Å².